The number of alkyl halides is 1. The zero-order chi connectivity index (χ0) is 6.53. The minimum absolute atomic E-state index is 0.593. The molecule has 0 unspecified atom stereocenters. The Hall–Kier alpha value is -0.270. The number of hydrogen-bond acceptors (Lipinski definition) is 1. The average molecular weight is 159 g/mol. The van der Waals surface area contributed by atoms with Crippen LogP contribution in [0.2, 0.25) is 0 Å². The zero-order valence-corrected chi connectivity index (χ0v) is 6.45. The van der Waals surface area contributed by atoms with E-state index >= 15 is 0 Å². The molecular formula is C7H7ClS. The predicted octanol–water partition coefficient (Wildman–Crippen LogP) is 3.00. The molecule has 0 aromatic carbocycles. The zero-order valence-electron chi connectivity index (χ0n) is 4.88. The molecule has 0 saturated carbocycles. The summed E-state index contributed by atoms with van der Waals surface area (Å²) in [6, 6.07) is 2.06. The molecule has 0 nitrogen and oxygen atoms in total. The quantitative estimate of drug-likeness (QED) is 0.581. The summed E-state index contributed by atoms with van der Waals surface area (Å²) in [4.78, 5) is 0. The fraction of sp³-hybridized carbons (Fsp3) is 0.143. The fourth-order valence-electron chi connectivity index (χ4n) is 0.550. The van der Waals surface area contributed by atoms with Crippen molar-refractivity contribution in [2.24, 2.45) is 0 Å². The highest BCUT2D eigenvalue weighted by Gasteiger charge is 1.81. The molecule has 0 bridgehead atoms. The lowest BCUT2D eigenvalue weighted by Crippen LogP contribution is -1.60. The van der Waals surface area contributed by atoms with Crippen LogP contribution < -0.4 is 0 Å². The summed E-state index contributed by atoms with van der Waals surface area (Å²) < 4.78 is 0. The number of allylic oxidation sites excluding steroid dienone is 1. The van der Waals surface area contributed by atoms with E-state index in [0.717, 1.165) is 0 Å². The Morgan fingerprint density at radius 2 is 2.56 bits per heavy atom. The average Bonchev–Trinajstić information content (AvgIpc) is 2.34. The molecule has 0 aliphatic carbocycles. The van der Waals surface area contributed by atoms with Crippen molar-refractivity contribution in [3.05, 3.63) is 28.5 Å². The second kappa shape index (κ2) is 3.70. The molecule has 0 fully saturated rings. The lowest BCUT2D eigenvalue weighted by molar-refractivity contribution is 1.76. The van der Waals surface area contributed by atoms with Crippen LogP contribution in [-0.4, -0.2) is 5.88 Å². The molecule has 1 heterocycles. The Kier molecular flexibility index (Phi) is 2.81. The minimum Gasteiger partial charge on any atom is -0.152 e. The number of hydrogen-bond donors (Lipinski definition) is 0. The van der Waals surface area contributed by atoms with E-state index in [2.05, 4.69) is 11.4 Å². The van der Waals surface area contributed by atoms with Crippen LogP contribution in [0.25, 0.3) is 6.08 Å². The van der Waals surface area contributed by atoms with Gasteiger partial charge in [-0.05, 0) is 22.4 Å². The highest BCUT2D eigenvalue weighted by atomic mass is 35.5. The standard InChI is InChI=1S/C7H7ClS/c8-4-1-2-7-3-5-9-6-7/h1-3,5-6H,4H2. The molecule has 0 N–H and O–H groups in total. The SMILES string of the molecule is ClCC=Cc1ccsc1. The highest BCUT2D eigenvalue weighted by Crippen LogP contribution is 2.07. The summed E-state index contributed by atoms with van der Waals surface area (Å²) >= 11 is 7.13. The van der Waals surface area contributed by atoms with Gasteiger partial charge in [0.25, 0.3) is 0 Å². The minimum atomic E-state index is 0.593. The van der Waals surface area contributed by atoms with Crippen molar-refractivity contribution in [3.63, 3.8) is 0 Å². The first-order chi connectivity index (χ1) is 4.43. The highest BCUT2D eigenvalue weighted by molar-refractivity contribution is 7.08. The lowest BCUT2D eigenvalue weighted by atomic mass is 10.3. The van der Waals surface area contributed by atoms with E-state index in [1.807, 2.05) is 17.5 Å². The first-order valence-corrected chi connectivity index (χ1v) is 4.16. The summed E-state index contributed by atoms with van der Waals surface area (Å²) in [5, 5.41) is 4.14. The van der Waals surface area contributed by atoms with E-state index in [-0.39, 0.29) is 0 Å². The van der Waals surface area contributed by atoms with Gasteiger partial charge in [-0.1, -0.05) is 12.2 Å². The molecule has 0 aliphatic rings. The van der Waals surface area contributed by atoms with Gasteiger partial charge >= 0.3 is 0 Å². The molecule has 1 rings (SSSR count). The Morgan fingerprint density at radius 3 is 3.11 bits per heavy atom. The molecule has 1 aromatic rings. The van der Waals surface area contributed by atoms with Crippen molar-refractivity contribution in [1.29, 1.82) is 0 Å². The molecule has 0 aliphatic heterocycles. The van der Waals surface area contributed by atoms with Crippen LogP contribution in [0.3, 0.4) is 0 Å². The second-order valence-electron chi connectivity index (χ2n) is 1.61. The van der Waals surface area contributed by atoms with Crippen molar-refractivity contribution in [2.75, 3.05) is 5.88 Å². The van der Waals surface area contributed by atoms with Gasteiger partial charge < -0.3 is 0 Å². The predicted molar refractivity (Wildman–Crippen MR) is 44.1 cm³/mol. The Bertz CT molecular complexity index is 177. The smallest absolute Gasteiger partial charge is 0.0407 e. The Labute approximate surface area is 63.8 Å². The summed E-state index contributed by atoms with van der Waals surface area (Å²) in [7, 11) is 0. The van der Waals surface area contributed by atoms with Gasteiger partial charge in [-0.25, -0.2) is 0 Å². The molecule has 0 spiro atoms. The van der Waals surface area contributed by atoms with Crippen LogP contribution in [0.15, 0.2) is 22.9 Å². The molecule has 1 aromatic heterocycles. The van der Waals surface area contributed by atoms with E-state index in [4.69, 9.17) is 11.6 Å². The number of thiophene rings is 1. The van der Waals surface area contributed by atoms with Gasteiger partial charge in [0.1, 0.15) is 0 Å². The van der Waals surface area contributed by atoms with Crippen LogP contribution in [0, 0.1) is 0 Å². The third-order valence-corrected chi connectivity index (χ3v) is 1.82. The third-order valence-electron chi connectivity index (χ3n) is 0.943. The van der Waals surface area contributed by atoms with Gasteiger partial charge in [0.05, 0.1) is 0 Å². The first-order valence-electron chi connectivity index (χ1n) is 2.68. The maximum absolute atomic E-state index is 5.44. The Morgan fingerprint density at radius 1 is 1.67 bits per heavy atom. The first kappa shape index (κ1) is 6.84. The van der Waals surface area contributed by atoms with Crippen LogP contribution >= 0.6 is 22.9 Å². The molecule has 2 heteroatoms. The van der Waals surface area contributed by atoms with Gasteiger partial charge in [-0.2, -0.15) is 11.3 Å². The topological polar surface area (TPSA) is 0 Å². The second-order valence-corrected chi connectivity index (χ2v) is 2.70. The summed E-state index contributed by atoms with van der Waals surface area (Å²) in [5.74, 6) is 0.593. The van der Waals surface area contributed by atoms with Crippen molar-refractivity contribution < 1.29 is 0 Å². The lowest BCUT2D eigenvalue weighted by Gasteiger charge is -1.78. The van der Waals surface area contributed by atoms with Gasteiger partial charge in [-0.3, -0.25) is 0 Å². The van der Waals surface area contributed by atoms with Gasteiger partial charge in [0.2, 0.25) is 0 Å². The summed E-state index contributed by atoms with van der Waals surface area (Å²) in [6.07, 6.45) is 3.95. The van der Waals surface area contributed by atoms with Crippen molar-refractivity contribution >= 4 is 29.0 Å². The monoisotopic (exact) mass is 158 g/mol. The maximum Gasteiger partial charge on any atom is 0.0407 e. The van der Waals surface area contributed by atoms with E-state index in [1.54, 1.807) is 11.3 Å². The van der Waals surface area contributed by atoms with Crippen molar-refractivity contribution in [1.82, 2.24) is 0 Å². The fourth-order valence-corrected chi connectivity index (χ4v) is 1.27. The van der Waals surface area contributed by atoms with Crippen LogP contribution in [-0.2, 0) is 0 Å². The summed E-state index contributed by atoms with van der Waals surface area (Å²) in [5.41, 5.74) is 1.24. The van der Waals surface area contributed by atoms with E-state index in [1.165, 1.54) is 5.56 Å². The largest absolute Gasteiger partial charge is 0.152 e. The maximum atomic E-state index is 5.44. The molecule has 0 atom stereocenters. The van der Waals surface area contributed by atoms with Gasteiger partial charge in [-0.15, -0.1) is 11.6 Å². The number of rotatable bonds is 2. The van der Waals surface area contributed by atoms with E-state index in [0.29, 0.717) is 5.88 Å². The molecule has 9 heavy (non-hydrogen) atoms. The van der Waals surface area contributed by atoms with Gasteiger partial charge in [0, 0.05) is 5.88 Å². The van der Waals surface area contributed by atoms with E-state index < -0.39 is 0 Å². The molecule has 48 valence electrons. The van der Waals surface area contributed by atoms with E-state index in [9.17, 15) is 0 Å². The Balaban J connectivity index is 2.57. The normalized spacial score (nSPS) is 10.8. The summed E-state index contributed by atoms with van der Waals surface area (Å²) in [6.45, 7) is 0. The van der Waals surface area contributed by atoms with Crippen LogP contribution in [0.1, 0.15) is 5.56 Å². The van der Waals surface area contributed by atoms with Crippen molar-refractivity contribution in [3.8, 4) is 0 Å². The van der Waals surface area contributed by atoms with Gasteiger partial charge in [0.15, 0.2) is 0 Å². The molecule has 0 saturated heterocycles. The molecule has 0 radical (unpaired) electrons. The van der Waals surface area contributed by atoms with Crippen LogP contribution in [0.5, 0.6) is 0 Å². The third kappa shape index (κ3) is 2.20. The number of halogens is 1. The molecular weight excluding hydrogens is 152 g/mol. The molecule has 0 amide bonds. The van der Waals surface area contributed by atoms with Crippen molar-refractivity contribution in [2.45, 2.75) is 0 Å². The van der Waals surface area contributed by atoms with Crippen LogP contribution in [0.4, 0.5) is 0 Å².